The Morgan fingerprint density at radius 1 is 1.03 bits per heavy atom. The van der Waals surface area contributed by atoms with Gasteiger partial charge in [-0.1, -0.05) is 42.5 Å². The molecule has 2 amide bonds. The molecule has 1 aromatic heterocycles. The van der Waals surface area contributed by atoms with Gasteiger partial charge in [-0.05, 0) is 42.7 Å². The first-order valence-electron chi connectivity index (χ1n) is 12.0. The number of amides is 2. The minimum atomic E-state index is -0.853. The summed E-state index contributed by atoms with van der Waals surface area (Å²) in [5.74, 6) is 0.449. The van der Waals surface area contributed by atoms with Crippen LogP contribution in [0.25, 0.3) is 11.0 Å². The topological polar surface area (TPSA) is 106 Å². The van der Waals surface area contributed by atoms with E-state index in [2.05, 4.69) is 10.3 Å². The highest BCUT2D eigenvalue weighted by atomic mass is 16.7. The fourth-order valence-corrected chi connectivity index (χ4v) is 4.62. The Hall–Kier alpha value is -4.53. The van der Waals surface area contributed by atoms with E-state index < -0.39 is 11.9 Å². The molecule has 4 aromatic rings. The maximum absolute atomic E-state index is 13.6. The number of ether oxygens (including phenoxy) is 2. The van der Waals surface area contributed by atoms with Gasteiger partial charge in [0.25, 0.3) is 0 Å². The Balaban J connectivity index is 1.40. The van der Waals surface area contributed by atoms with E-state index >= 15 is 0 Å². The van der Waals surface area contributed by atoms with Crippen LogP contribution >= 0.6 is 0 Å². The number of benzene rings is 3. The molecule has 5 rings (SSSR count). The van der Waals surface area contributed by atoms with Gasteiger partial charge in [-0.2, -0.15) is 0 Å². The van der Waals surface area contributed by atoms with E-state index in [-0.39, 0.29) is 24.9 Å². The second-order valence-electron chi connectivity index (χ2n) is 9.18. The van der Waals surface area contributed by atoms with Gasteiger partial charge in [-0.25, -0.2) is 4.79 Å². The van der Waals surface area contributed by atoms with Gasteiger partial charge in [-0.3, -0.25) is 14.2 Å². The molecule has 1 atom stereocenters. The molecule has 9 nitrogen and oxygen atoms in total. The Morgan fingerprint density at radius 2 is 1.76 bits per heavy atom. The number of likely N-dealkylation sites (N-methyl/N-ethyl adjacent to an activating group) is 1. The SMILES string of the molecule is Cc1ccc(C)c2c1[nH]c(=O)n2CC(=O)N[C@@H](Cc1ccccc1)C(=O)N(C)c1ccc2c(c1)OCO2. The van der Waals surface area contributed by atoms with Crippen molar-refractivity contribution in [2.24, 2.45) is 0 Å². The normalized spacial score (nSPS) is 12.9. The molecule has 3 aromatic carbocycles. The lowest BCUT2D eigenvalue weighted by Gasteiger charge is -2.25. The zero-order valence-electron chi connectivity index (χ0n) is 20.9. The summed E-state index contributed by atoms with van der Waals surface area (Å²) in [6, 6.07) is 17.7. The third-order valence-electron chi connectivity index (χ3n) is 6.63. The predicted octanol–water partition coefficient (Wildman–Crippen LogP) is 3.07. The predicted molar refractivity (Wildman–Crippen MR) is 140 cm³/mol. The zero-order valence-corrected chi connectivity index (χ0v) is 20.9. The standard InChI is InChI=1S/C28H28N4O5/c1-17-9-10-18(2)26-25(17)30-28(35)32(26)15-24(33)29-21(13-19-7-5-4-6-8-19)27(34)31(3)20-11-12-22-23(14-20)37-16-36-22/h4-12,14,21H,13,15-16H2,1-3H3,(H,29,33)(H,30,35)/t21-/m0/s1. The minimum Gasteiger partial charge on any atom is -0.454 e. The molecule has 37 heavy (non-hydrogen) atoms. The van der Waals surface area contributed by atoms with Crippen LogP contribution in [0, 0.1) is 13.8 Å². The van der Waals surface area contributed by atoms with Gasteiger partial charge in [0.05, 0.1) is 11.0 Å². The quantitative estimate of drug-likeness (QED) is 0.406. The second-order valence-corrected chi connectivity index (χ2v) is 9.18. The average Bonchev–Trinajstić information content (AvgIpc) is 3.50. The fraction of sp³-hybridized carbons (Fsp3) is 0.250. The lowest BCUT2D eigenvalue weighted by atomic mass is 10.0. The molecule has 9 heteroatoms. The van der Waals surface area contributed by atoms with Gasteiger partial charge >= 0.3 is 5.69 Å². The van der Waals surface area contributed by atoms with Crippen molar-refractivity contribution in [2.75, 3.05) is 18.7 Å². The van der Waals surface area contributed by atoms with E-state index in [0.29, 0.717) is 34.6 Å². The van der Waals surface area contributed by atoms with Crippen molar-refractivity contribution in [3.8, 4) is 11.5 Å². The molecule has 0 aliphatic carbocycles. The largest absolute Gasteiger partial charge is 0.454 e. The van der Waals surface area contributed by atoms with Gasteiger partial charge in [0, 0.05) is 25.2 Å². The molecule has 2 heterocycles. The Morgan fingerprint density at radius 3 is 2.54 bits per heavy atom. The van der Waals surface area contributed by atoms with Crippen molar-refractivity contribution in [1.82, 2.24) is 14.9 Å². The Bertz CT molecular complexity index is 1540. The van der Waals surface area contributed by atoms with Crippen LogP contribution in [0.4, 0.5) is 5.69 Å². The zero-order chi connectivity index (χ0) is 26.1. The van der Waals surface area contributed by atoms with E-state index in [4.69, 9.17) is 9.47 Å². The van der Waals surface area contributed by atoms with Crippen LogP contribution in [-0.4, -0.2) is 41.2 Å². The summed E-state index contributed by atoms with van der Waals surface area (Å²) in [6.07, 6.45) is 0.293. The van der Waals surface area contributed by atoms with Crippen LogP contribution < -0.4 is 25.4 Å². The molecule has 0 spiro atoms. The van der Waals surface area contributed by atoms with Crippen molar-refractivity contribution < 1.29 is 19.1 Å². The Kier molecular flexibility index (Phi) is 6.43. The first-order valence-corrected chi connectivity index (χ1v) is 12.0. The number of aromatic amines is 1. The number of anilines is 1. The number of hydrogen-bond donors (Lipinski definition) is 2. The number of hydrogen-bond acceptors (Lipinski definition) is 5. The Labute approximate surface area is 213 Å². The number of carbonyl (C=O) groups excluding carboxylic acids is 2. The van der Waals surface area contributed by atoms with E-state index in [0.717, 1.165) is 16.7 Å². The van der Waals surface area contributed by atoms with Crippen LogP contribution in [0.15, 0.2) is 65.5 Å². The molecule has 0 unspecified atom stereocenters. The summed E-state index contributed by atoms with van der Waals surface area (Å²) in [4.78, 5) is 43.9. The number of H-pyrrole nitrogens is 1. The van der Waals surface area contributed by atoms with Gasteiger partial charge in [0.2, 0.25) is 18.6 Å². The highest BCUT2D eigenvalue weighted by Gasteiger charge is 2.27. The minimum absolute atomic E-state index is 0.134. The maximum Gasteiger partial charge on any atom is 0.326 e. The smallest absolute Gasteiger partial charge is 0.326 e. The number of rotatable bonds is 7. The van der Waals surface area contributed by atoms with Crippen molar-refractivity contribution in [2.45, 2.75) is 32.9 Å². The summed E-state index contributed by atoms with van der Waals surface area (Å²) in [5, 5.41) is 2.87. The van der Waals surface area contributed by atoms with Gasteiger partial charge in [0.1, 0.15) is 12.6 Å². The summed E-state index contributed by atoms with van der Waals surface area (Å²) < 4.78 is 12.2. The number of nitrogens with zero attached hydrogens (tertiary/aromatic N) is 2. The van der Waals surface area contributed by atoms with Crippen molar-refractivity contribution in [1.29, 1.82) is 0 Å². The van der Waals surface area contributed by atoms with E-state index in [1.165, 1.54) is 9.47 Å². The van der Waals surface area contributed by atoms with Crippen LogP contribution in [0.1, 0.15) is 16.7 Å². The summed E-state index contributed by atoms with van der Waals surface area (Å²) in [6.45, 7) is 3.72. The fourth-order valence-electron chi connectivity index (χ4n) is 4.62. The highest BCUT2D eigenvalue weighted by Crippen LogP contribution is 2.35. The van der Waals surface area contributed by atoms with Gasteiger partial charge in [0.15, 0.2) is 11.5 Å². The number of carbonyl (C=O) groups is 2. The molecule has 0 fully saturated rings. The van der Waals surface area contributed by atoms with Gasteiger partial charge < -0.3 is 24.7 Å². The number of fused-ring (bicyclic) bond motifs is 2. The van der Waals surface area contributed by atoms with Crippen LogP contribution in [0.3, 0.4) is 0 Å². The number of imidazole rings is 1. The highest BCUT2D eigenvalue weighted by molar-refractivity contribution is 5.99. The molecule has 0 saturated carbocycles. The van der Waals surface area contributed by atoms with Crippen LogP contribution in [0.5, 0.6) is 11.5 Å². The van der Waals surface area contributed by atoms with Crippen molar-refractivity contribution in [3.63, 3.8) is 0 Å². The van der Waals surface area contributed by atoms with E-state index in [9.17, 15) is 14.4 Å². The molecule has 0 bridgehead atoms. The third kappa shape index (κ3) is 4.80. The molecular weight excluding hydrogens is 472 g/mol. The van der Waals surface area contributed by atoms with Crippen LogP contribution in [-0.2, 0) is 22.6 Å². The van der Waals surface area contributed by atoms with Gasteiger partial charge in [-0.15, -0.1) is 0 Å². The molecule has 0 radical (unpaired) electrons. The molecule has 2 N–H and O–H groups in total. The molecule has 190 valence electrons. The molecule has 1 aliphatic heterocycles. The summed E-state index contributed by atoms with van der Waals surface area (Å²) >= 11 is 0. The lowest BCUT2D eigenvalue weighted by molar-refractivity contribution is -0.127. The third-order valence-corrected chi connectivity index (χ3v) is 6.63. The van der Waals surface area contributed by atoms with Crippen LogP contribution in [0.2, 0.25) is 0 Å². The van der Waals surface area contributed by atoms with E-state index in [1.807, 2.05) is 56.3 Å². The van der Waals surface area contributed by atoms with Crippen molar-refractivity contribution in [3.05, 3.63) is 87.8 Å². The summed E-state index contributed by atoms with van der Waals surface area (Å²) in [7, 11) is 1.65. The average molecular weight is 501 g/mol. The number of aryl methyl sites for hydroxylation is 2. The molecular formula is C28H28N4O5. The van der Waals surface area contributed by atoms with E-state index in [1.54, 1.807) is 25.2 Å². The summed E-state index contributed by atoms with van der Waals surface area (Å²) in [5.41, 5.74) is 4.33. The second kappa shape index (κ2) is 9.85. The maximum atomic E-state index is 13.6. The monoisotopic (exact) mass is 500 g/mol. The first-order chi connectivity index (χ1) is 17.8. The number of nitrogens with one attached hydrogen (secondary N) is 2. The van der Waals surface area contributed by atoms with Crippen molar-refractivity contribution >= 4 is 28.5 Å². The number of aromatic nitrogens is 2. The molecule has 0 saturated heterocycles. The lowest BCUT2D eigenvalue weighted by Crippen LogP contribution is -2.50. The first kappa shape index (κ1) is 24.2. The molecule has 1 aliphatic rings.